The Morgan fingerprint density at radius 1 is 1.11 bits per heavy atom. The van der Waals surface area contributed by atoms with Crippen LogP contribution in [0.2, 0.25) is 0 Å². The maximum Gasteiger partial charge on any atom is 0.418 e. The Kier molecular flexibility index (Phi) is 7.00. The van der Waals surface area contributed by atoms with Crippen molar-refractivity contribution >= 4 is 17.5 Å². The predicted molar refractivity (Wildman–Crippen MR) is 93.2 cm³/mol. The lowest BCUT2D eigenvalue weighted by atomic mass is 10.1. The van der Waals surface area contributed by atoms with Crippen molar-refractivity contribution in [2.24, 2.45) is 0 Å². The molecule has 2 amide bonds. The average molecular weight is 383 g/mol. The number of alkyl halides is 3. The molecule has 3 N–H and O–H groups in total. The molecule has 2 aromatic rings. The molecule has 0 spiro atoms. The lowest BCUT2D eigenvalue weighted by molar-refractivity contribution is -0.137. The van der Waals surface area contributed by atoms with Gasteiger partial charge in [-0.2, -0.15) is 13.2 Å². The van der Waals surface area contributed by atoms with Gasteiger partial charge in [0.05, 0.1) is 17.5 Å². The second-order valence-corrected chi connectivity index (χ2v) is 5.88. The fourth-order valence-corrected chi connectivity index (χ4v) is 2.38. The first-order valence-electron chi connectivity index (χ1n) is 8.28. The second-order valence-electron chi connectivity index (χ2n) is 5.88. The number of anilines is 1. The molecule has 0 saturated carbocycles. The van der Waals surface area contributed by atoms with E-state index >= 15 is 0 Å². The van der Waals surface area contributed by atoms with Crippen molar-refractivity contribution < 1.29 is 27.2 Å². The van der Waals surface area contributed by atoms with Crippen LogP contribution >= 0.6 is 0 Å². The highest BCUT2D eigenvalue weighted by atomic mass is 19.4. The van der Waals surface area contributed by atoms with E-state index in [1.54, 1.807) is 13.0 Å². The van der Waals surface area contributed by atoms with Crippen LogP contribution < -0.4 is 16.0 Å². The van der Waals surface area contributed by atoms with Crippen LogP contribution in [-0.2, 0) is 11.0 Å². The molecule has 2 rings (SSSR count). The molecule has 0 saturated heterocycles. The molecule has 0 aliphatic carbocycles. The summed E-state index contributed by atoms with van der Waals surface area (Å²) in [5.41, 5.74) is -1.16. The molecule has 9 heteroatoms. The van der Waals surface area contributed by atoms with Gasteiger partial charge in [-0.15, -0.1) is 0 Å². The number of benzene rings is 1. The van der Waals surface area contributed by atoms with Crippen LogP contribution in [0.3, 0.4) is 0 Å². The summed E-state index contributed by atoms with van der Waals surface area (Å²) >= 11 is 0. The van der Waals surface area contributed by atoms with E-state index in [0.717, 1.165) is 6.07 Å². The number of amides is 2. The van der Waals surface area contributed by atoms with Gasteiger partial charge in [-0.05, 0) is 31.2 Å². The zero-order chi connectivity index (χ0) is 19.9. The largest absolute Gasteiger partial charge is 0.459 e. The topological polar surface area (TPSA) is 83.4 Å². The molecule has 0 bridgehead atoms. The predicted octanol–water partition coefficient (Wildman–Crippen LogP) is 3.04. The Labute approximate surface area is 154 Å². The van der Waals surface area contributed by atoms with Gasteiger partial charge in [0.2, 0.25) is 5.91 Å². The summed E-state index contributed by atoms with van der Waals surface area (Å²) in [5.74, 6) is -0.687. The Hall–Kier alpha value is -2.81. The summed E-state index contributed by atoms with van der Waals surface area (Å²) in [6, 6.07) is 7.67. The summed E-state index contributed by atoms with van der Waals surface area (Å²) in [4.78, 5) is 23.7. The Balaban J connectivity index is 1.74. The van der Waals surface area contributed by atoms with Crippen molar-refractivity contribution in [3.8, 4) is 0 Å². The molecule has 1 aromatic carbocycles. The molecule has 0 aliphatic heterocycles. The molecule has 0 aliphatic rings. The van der Waals surface area contributed by atoms with Crippen molar-refractivity contribution in [3.05, 3.63) is 54.0 Å². The molecule has 1 unspecified atom stereocenters. The smallest absolute Gasteiger partial charge is 0.418 e. The van der Waals surface area contributed by atoms with Gasteiger partial charge in [0.15, 0.2) is 5.76 Å². The number of nitrogens with one attached hydrogen (secondary N) is 3. The number of carbonyl (C=O) groups is 2. The third-order valence-electron chi connectivity index (χ3n) is 3.65. The standard InChI is InChI=1S/C18H20F3N3O3/c1-12(22-8-9-23-17(26)15-7-4-10-27-15)11-16(25)24-14-6-3-2-5-13(14)18(19,20)21/h2-7,10,12,22H,8-9,11H2,1H3,(H,23,26)(H,24,25). The van der Waals surface area contributed by atoms with Crippen molar-refractivity contribution in [1.82, 2.24) is 10.6 Å². The minimum Gasteiger partial charge on any atom is -0.459 e. The van der Waals surface area contributed by atoms with Crippen molar-refractivity contribution in [2.75, 3.05) is 18.4 Å². The van der Waals surface area contributed by atoms with Gasteiger partial charge < -0.3 is 20.4 Å². The van der Waals surface area contributed by atoms with Gasteiger partial charge in [-0.1, -0.05) is 12.1 Å². The van der Waals surface area contributed by atoms with E-state index in [1.165, 1.54) is 30.5 Å². The van der Waals surface area contributed by atoms with Gasteiger partial charge in [0, 0.05) is 25.6 Å². The fourth-order valence-electron chi connectivity index (χ4n) is 2.38. The number of rotatable bonds is 8. The molecule has 1 aromatic heterocycles. The first-order chi connectivity index (χ1) is 12.8. The van der Waals surface area contributed by atoms with Crippen LogP contribution in [0.4, 0.5) is 18.9 Å². The maximum atomic E-state index is 12.9. The summed E-state index contributed by atoms with van der Waals surface area (Å²) < 4.78 is 43.7. The van der Waals surface area contributed by atoms with Gasteiger partial charge >= 0.3 is 6.18 Å². The summed E-state index contributed by atoms with van der Waals surface area (Å²) in [6.07, 6.45) is -3.16. The monoisotopic (exact) mass is 383 g/mol. The van der Waals surface area contributed by atoms with Crippen LogP contribution in [0.15, 0.2) is 47.1 Å². The highest BCUT2D eigenvalue weighted by Crippen LogP contribution is 2.34. The average Bonchev–Trinajstić information content (AvgIpc) is 3.12. The quantitative estimate of drug-likeness (QED) is 0.612. The molecule has 27 heavy (non-hydrogen) atoms. The number of hydrogen-bond acceptors (Lipinski definition) is 4. The molecule has 0 radical (unpaired) electrons. The van der Waals surface area contributed by atoms with Crippen LogP contribution in [0, 0.1) is 0 Å². The molecule has 146 valence electrons. The molecular weight excluding hydrogens is 363 g/mol. The number of furan rings is 1. The molecule has 1 atom stereocenters. The summed E-state index contributed by atoms with van der Waals surface area (Å²) in [6.45, 7) is 2.42. The highest BCUT2D eigenvalue weighted by Gasteiger charge is 2.33. The number of carbonyl (C=O) groups excluding carboxylic acids is 2. The first kappa shape index (κ1) is 20.5. The lowest BCUT2D eigenvalue weighted by Crippen LogP contribution is -2.37. The van der Waals surface area contributed by atoms with E-state index < -0.39 is 17.6 Å². The first-order valence-corrected chi connectivity index (χ1v) is 8.28. The highest BCUT2D eigenvalue weighted by molar-refractivity contribution is 5.92. The van der Waals surface area contributed by atoms with E-state index in [-0.39, 0.29) is 29.8 Å². The van der Waals surface area contributed by atoms with E-state index in [1.807, 2.05) is 0 Å². The van der Waals surface area contributed by atoms with E-state index in [0.29, 0.717) is 13.1 Å². The molecule has 0 fully saturated rings. The summed E-state index contributed by atoms with van der Waals surface area (Å²) in [5, 5.41) is 7.95. The Bertz CT molecular complexity index is 761. The summed E-state index contributed by atoms with van der Waals surface area (Å²) in [7, 11) is 0. The Morgan fingerprint density at radius 3 is 2.52 bits per heavy atom. The van der Waals surface area contributed by atoms with E-state index in [4.69, 9.17) is 4.42 Å². The van der Waals surface area contributed by atoms with E-state index in [2.05, 4.69) is 16.0 Å². The van der Waals surface area contributed by atoms with Crippen LogP contribution in [0.1, 0.15) is 29.5 Å². The van der Waals surface area contributed by atoms with Crippen molar-refractivity contribution in [2.45, 2.75) is 25.6 Å². The van der Waals surface area contributed by atoms with Gasteiger partial charge in [-0.3, -0.25) is 9.59 Å². The van der Waals surface area contributed by atoms with Gasteiger partial charge in [0.1, 0.15) is 0 Å². The Morgan fingerprint density at radius 2 is 1.85 bits per heavy atom. The van der Waals surface area contributed by atoms with Crippen LogP contribution in [0.25, 0.3) is 0 Å². The third kappa shape index (κ3) is 6.45. The number of para-hydroxylation sites is 1. The van der Waals surface area contributed by atoms with Gasteiger partial charge in [-0.25, -0.2) is 0 Å². The fraction of sp³-hybridized carbons (Fsp3) is 0.333. The molecule has 1 heterocycles. The minimum absolute atomic E-state index is 0.0156. The third-order valence-corrected chi connectivity index (χ3v) is 3.65. The van der Waals surface area contributed by atoms with Crippen molar-refractivity contribution in [3.63, 3.8) is 0 Å². The lowest BCUT2D eigenvalue weighted by Gasteiger charge is -2.16. The number of hydrogen-bond donors (Lipinski definition) is 3. The maximum absolute atomic E-state index is 12.9. The van der Waals surface area contributed by atoms with Crippen molar-refractivity contribution in [1.29, 1.82) is 0 Å². The number of halogens is 3. The second kappa shape index (κ2) is 9.22. The zero-order valence-electron chi connectivity index (χ0n) is 14.6. The van der Waals surface area contributed by atoms with E-state index in [9.17, 15) is 22.8 Å². The van der Waals surface area contributed by atoms with Crippen LogP contribution in [-0.4, -0.2) is 30.9 Å². The molecular formula is C18H20F3N3O3. The molecule has 6 nitrogen and oxygen atoms in total. The minimum atomic E-state index is -4.54. The SMILES string of the molecule is CC(CC(=O)Nc1ccccc1C(F)(F)F)NCCNC(=O)c1ccco1. The van der Waals surface area contributed by atoms with Gasteiger partial charge in [0.25, 0.3) is 5.91 Å². The normalized spacial score (nSPS) is 12.4. The zero-order valence-corrected chi connectivity index (χ0v) is 14.6. The van der Waals surface area contributed by atoms with Crippen LogP contribution in [0.5, 0.6) is 0 Å².